The summed E-state index contributed by atoms with van der Waals surface area (Å²) in [6.45, 7) is 4.98. The van der Waals surface area contributed by atoms with E-state index in [0.717, 1.165) is 37.5 Å². The second kappa shape index (κ2) is 4.96. The number of hydrazone groups is 1. The van der Waals surface area contributed by atoms with Gasteiger partial charge in [-0.1, -0.05) is 20.3 Å². The fraction of sp³-hybridized carbons (Fsp3) is 0.947. The lowest BCUT2D eigenvalue weighted by Gasteiger charge is -2.60. The standard InChI is InChI=1S/C19H32N2O/c1-18-8-3-4-15(18)14-6-5-12-10-13(22)7-9-19(12,2)17(14)16(11-18)21-20/h12-15,17,22H,3-11,20H2,1-2H3/b21-16+/t12-,13?,14?,15?,17?,18?,19?/m0/s1. The van der Waals surface area contributed by atoms with E-state index in [9.17, 15) is 5.11 Å². The minimum Gasteiger partial charge on any atom is -0.393 e. The molecule has 7 atom stereocenters. The molecule has 4 aliphatic carbocycles. The van der Waals surface area contributed by atoms with Crippen LogP contribution < -0.4 is 5.84 Å². The van der Waals surface area contributed by atoms with E-state index in [4.69, 9.17) is 5.84 Å². The van der Waals surface area contributed by atoms with Crippen LogP contribution in [0.2, 0.25) is 0 Å². The summed E-state index contributed by atoms with van der Waals surface area (Å²) in [6.07, 6.45) is 11.0. The zero-order valence-electron chi connectivity index (χ0n) is 14.2. The first-order valence-electron chi connectivity index (χ1n) is 9.43. The molecular formula is C19H32N2O. The highest BCUT2D eigenvalue weighted by Gasteiger charge is 2.60. The van der Waals surface area contributed by atoms with Crippen molar-refractivity contribution in [3.05, 3.63) is 0 Å². The summed E-state index contributed by atoms with van der Waals surface area (Å²) < 4.78 is 0. The van der Waals surface area contributed by atoms with E-state index in [1.807, 2.05) is 0 Å². The molecule has 0 aliphatic heterocycles. The highest BCUT2D eigenvalue weighted by Crippen LogP contribution is 2.65. The van der Waals surface area contributed by atoms with E-state index in [1.54, 1.807) is 0 Å². The van der Waals surface area contributed by atoms with Gasteiger partial charge >= 0.3 is 0 Å². The minimum absolute atomic E-state index is 0.0757. The highest BCUT2D eigenvalue weighted by molar-refractivity contribution is 5.89. The molecule has 124 valence electrons. The van der Waals surface area contributed by atoms with Crippen molar-refractivity contribution in [1.82, 2.24) is 0 Å². The Morgan fingerprint density at radius 1 is 1.14 bits per heavy atom. The Morgan fingerprint density at radius 2 is 1.95 bits per heavy atom. The van der Waals surface area contributed by atoms with Crippen LogP contribution >= 0.6 is 0 Å². The number of fused-ring (bicyclic) bond motifs is 5. The molecule has 4 saturated carbocycles. The fourth-order valence-corrected chi connectivity index (χ4v) is 7.22. The average molecular weight is 304 g/mol. The van der Waals surface area contributed by atoms with E-state index in [-0.39, 0.29) is 6.10 Å². The third-order valence-electron chi connectivity index (χ3n) is 8.28. The molecule has 22 heavy (non-hydrogen) atoms. The summed E-state index contributed by atoms with van der Waals surface area (Å²) >= 11 is 0. The number of hydrogen-bond donors (Lipinski definition) is 2. The van der Waals surface area contributed by atoms with Crippen molar-refractivity contribution in [2.75, 3.05) is 0 Å². The molecule has 3 N–H and O–H groups in total. The Hall–Kier alpha value is -0.570. The van der Waals surface area contributed by atoms with Crippen LogP contribution in [0.4, 0.5) is 0 Å². The van der Waals surface area contributed by atoms with Crippen LogP contribution in [0.3, 0.4) is 0 Å². The predicted molar refractivity (Wildman–Crippen MR) is 89.4 cm³/mol. The van der Waals surface area contributed by atoms with Crippen molar-refractivity contribution in [3.8, 4) is 0 Å². The molecule has 4 rings (SSSR count). The molecular weight excluding hydrogens is 272 g/mol. The van der Waals surface area contributed by atoms with E-state index < -0.39 is 0 Å². The molecule has 0 aromatic rings. The van der Waals surface area contributed by atoms with E-state index in [0.29, 0.717) is 22.7 Å². The molecule has 0 radical (unpaired) electrons. The molecule has 6 unspecified atom stereocenters. The van der Waals surface area contributed by atoms with E-state index in [2.05, 4.69) is 18.9 Å². The summed E-state index contributed by atoms with van der Waals surface area (Å²) in [7, 11) is 0. The number of hydrogen-bond acceptors (Lipinski definition) is 3. The summed E-state index contributed by atoms with van der Waals surface area (Å²) in [5.41, 5.74) is 2.09. The zero-order valence-corrected chi connectivity index (χ0v) is 14.2. The molecule has 0 aromatic carbocycles. The number of nitrogens with zero attached hydrogens (tertiary/aromatic N) is 1. The van der Waals surface area contributed by atoms with Gasteiger partial charge in [0.05, 0.1) is 6.10 Å². The van der Waals surface area contributed by atoms with Crippen molar-refractivity contribution >= 4 is 5.71 Å². The van der Waals surface area contributed by atoms with Crippen LogP contribution in [-0.2, 0) is 0 Å². The lowest BCUT2D eigenvalue weighted by atomic mass is 9.44. The lowest BCUT2D eigenvalue weighted by molar-refractivity contribution is -0.0788. The van der Waals surface area contributed by atoms with Crippen molar-refractivity contribution < 1.29 is 5.11 Å². The van der Waals surface area contributed by atoms with Gasteiger partial charge in [0.15, 0.2) is 0 Å². The first-order chi connectivity index (χ1) is 10.5. The molecule has 0 bridgehead atoms. The third kappa shape index (κ3) is 1.93. The zero-order chi connectivity index (χ0) is 15.5. The van der Waals surface area contributed by atoms with Crippen molar-refractivity contribution in [2.45, 2.75) is 77.7 Å². The van der Waals surface area contributed by atoms with Gasteiger partial charge < -0.3 is 10.9 Å². The predicted octanol–water partition coefficient (Wildman–Crippen LogP) is 3.70. The van der Waals surface area contributed by atoms with Gasteiger partial charge in [-0.05, 0) is 80.0 Å². The van der Waals surface area contributed by atoms with Gasteiger partial charge in [-0.2, -0.15) is 5.10 Å². The average Bonchev–Trinajstić information content (AvgIpc) is 2.88. The van der Waals surface area contributed by atoms with Crippen molar-refractivity contribution in [2.24, 2.45) is 45.4 Å². The molecule has 4 fully saturated rings. The summed E-state index contributed by atoms with van der Waals surface area (Å²) in [4.78, 5) is 0. The maximum atomic E-state index is 10.1. The molecule has 4 aliphatic rings. The Labute approximate surface area is 134 Å². The normalized spacial score (nSPS) is 56.3. The molecule has 0 saturated heterocycles. The summed E-state index contributed by atoms with van der Waals surface area (Å²) in [6, 6.07) is 0. The summed E-state index contributed by atoms with van der Waals surface area (Å²) in [5, 5.41) is 14.5. The first-order valence-corrected chi connectivity index (χ1v) is 9.43. The SMILES string of the molecule is CC12CCCC1C1CC[C@H]3CC(O)CCC3(C)C1/C(=N/N)C2. The molecule has 0 spiro atoms. The van der Waals surface area contributed by atoms with Crippen LogP contribution in [0.1, 0.15) is 71.6 Å². The molecule has 0 amide bonds. The Kier molecular flexibility index (Phi) is 3.38. The molecule has 3 nitrogen and oxygen atoms in total. The molecule has 3 heteroatoms. The van der Waals surface area contributed by atoms with Crippen LogP contribution in [-0.4, -0.2) is 16.9 Å². The van der Waals surface area contributed by atoms with Crippen molar-refractivity contribution in [1.29, 1.82) is 0 Å². The third-order valence-corrected chi connectivity index (χ3v) is 8.28. The van der Waals surface area contributed by atoms with Crippen LogP contribution in [0, 0.1) is 34.5 Å². The lowest BCUT2D eigenvalue weighted by Crippen LogP contribution is -2.57. The quantitative estimate of drug-likeness (QED) is 0.529. The topological polar surface area (TPSA) is 58.6 Å². The summed E-state index contributed by atoms with van der Waals surface area (Å²) in [5.74, 6) is 8.82. The molecule has 0 aromatic heterocycles. The fourth-order valence-electron chi connectivity index (χ4n) is 7.22. The van der Waals surface area contributed by atoms with Crippen LogP contribution in [0.5, 0.6) is 0 Å². The largest absolute Gasteiger partial charge is 0.393 e. The van der Waals surface area contributed by atoms with Gasteiger partial charge in [0.25, 0.3) is 0 Å². The van der Waals surface area contributed by atoms with Crippen LogP contribution in [0.25, 0.3) is 0 Å². The Balaban J connectivity index is 1.72. The van der Waals surface area contributed by atoms with Gasteiger partial charge in [0.1, 0.15) is 0 Å². The van der Waals surface area contributed by atoms with E-state index >= 15 is 0 Å². The van der Waals surface area contributed by atoms with Crippen LogP contribution in [0.15, 0.2) is 5.10 Å². The van der Waals surface area contributed by atoms with Gasteiger partial charge in [-0.3, -0.25) is 0 Å². The number of aliphatic hydroxyl groups is 1. The number of rotatable bonds is 0. The minimum atomic E-state index is -0.0757. The highest BCUT2D eigenvalue weighted by atomic mass is 16.3. The Morgan fingerprint density at radius 3 is 2.73 bits per heavy atom. The van der Waals surface area contributed by atoms with Gasteiger partial charge in [-0.15, -0.1) is 0 Å². The Bertz CT molecular complexity index is 490. The maximum absolute atomic E-state index is 10.1. The van der Waals surface area contributed by atoms with Gasteiger partial charge in [0.2, 0.25) is 0 Å². The first kappa shape index (κ1) is 15.0. The second-order valence-electron chi connectivity index (χ2n) is 9.30. The monoisotopic (exact) mass is 304 g/mol. The van der Waals surface area contributed by atoms with Gasteiger partial charge in [0, 0.05) is 11.6 Å². The second-order valence-corrected chi connectivity index (χ2v) is 9.30. The molecule has 0 heterocycles. The van der Waals surface area contributed by atoms with E-state index in [1.165, 1.54) is 37.8 Å². The van der Waals surface area contributed by atoms with Crippen molar-refractivity contribution in [3.63, 3.8) is 0 Å². The smallest absolute Gasteiger partial charge is 0.0543 e. The maximum Gasteiger partial charge on any atom is 0.0543 e. The number of nitrogens with two attached hydrogens (primary N) is 1. The van der Waals surface area contributed by atoms with Gasteiger partial charge in [-0.25, -0.2) is 0 Å². The number of aliphatic hydroxyl groups excluding tert-OH is 1.